The van der Waals surface area contributed by atoms with Crippen LogP contribution in [0.5, 0.6) is 0 Å². The predicted octanol–water partition coefficient (Wildman–Crippen LogP) is -0.142. The summed E-state index contributed by atoms with van der Waals surface area (Å²) in [4.78, 5) is 11.2. The lowest BCUT2D eigenvalue weighted by Gasteiger charge is -2.23. The highest BCUT2D eigenvalue weighted by atomic mass is 19.3. The molecule has 14 heavy (non-hydrogen) atoms. The number of halogens is 2. The zero-order chi connectivity index (χ0) is 11.4. The zero-order valence-corrected chi connectivity index (χ0v) is 8.31. The standard InChI is InChI=1S/C8H16F2N2O2/c1-3-7(2,11)6(14)12-4-8(9,10)5-13/h13H,3-5,11H2,1-2H3,(H,12,14). The third-order valence-corrected chi connectivity index (χ3v) is 1.99. The van der Waals surface area contributed by atoms with Gasteiger partial charge in [0.05, 0.1) is 12.1 Å². The van der Waals surface area contributed by atoms with Gasteiger partial charge in [0.15, 0.2) is 0 Å². The average Bonchev–Trinajstić information content (AvgIpc) is 2.14. The summed E-state index contributed by atoms with van der Waals surface area (Å²) in [5, 5.41) is 10.2. The second kappa shape index (κ2) is 4.65. The Morgan fingerprint density at radius 1 is 1.57 bits per heavy atom. The van der Waals surface area contributed by atoms with Crippen LogP contribution >= 0.6 is 0 Å². The van der Waals surface area contributed by atoms with Gasteiger partial charge in [-0.15, -0.1) is 0 Å². The van der Waals surface area contributed by atoms with Crippen molar-refractivity contribution in [1.82, 2.24) is 5.32 Å². The zero-order valence-electron chi connectivity index (χ0n) is 8.31. The number of rotatable bonds is 5. The Balaban J connectivity index is 4.10. The number of hydrogen-bond acceptors (Lipinski definition) is 3. The summed E-state index contributed by atoms with van der Waals surface area (Å²) in [6, 6.07) is 0. The summed E-state index contributed by atoms with van der Waals surface area (Å²) in [6.45, 7) is 0.957. The van der Waals surface area contributed by atoms with E-state index in [1.807, 2.05) is 5.32 Å². The first-order valence-corrected chi connectivity index (χ1v) is 4.31. The molecule has 0 aromatic carbocycles. The fraction of sp³-hybridized carbons (Fsp3) is 0.875. The van der Waals surface area contributed by atoms with Crippen LogP contribution in [0, 0.1) is 0 Å². The van der Waals surface area contributed by atoms with E-state index in [9.17, 15) is 13.6 Å². The molecule has 84 valence electrons. The van der Waals surface area contributed by atoms with E-state index in [4.69, 9.17) is 10.8 Å². The van der Waals surface area contributed by atoms with Crippen LogP contribution in [0.1, 0.15) is 20.3 Å². The van der Waals surface area contributed by atoms with E-state index >= 15 is 0 Å². The number of hydrogen-bond donors (Lipinski definition) is 3. The monoisotopic (exact) mass is 210 g/mol. The Labute approximate surface area is 81.5 Å². The van der Waals surface area contributed by atoms with E-state index < -0.39 is 30.5 Å². The first kappa shape index (κ1) is 13.2. The molecule has 0 aromatic rings. The van der Waals surface area contributed by atoms with Gasteiger partial charge < -0.3 is 16.2 Å². The van der Waals surface area contributed by atoms with E-state index in [-0.39, 0.29) is 0 Å². The molecule has 6 heteroatoms. The topological polar surface area (TPSA) is 75.4 Å². The molecule has 0 aromatic heterocycles. The van der Waals surface area contributed by atoms with Crippen LogP contribution in [0.15, 0.2) is 0 Å². The number of amides is 1. The summed E-state index contributed by atoms with van der Waals surface area (Å²) >= 11 is 0. The minimum atomic E-state index is -3.29. The molecule has 0 bridgehead atoms. The molecule has 0 rings (SSSR count). The fourth-order valence-corrected chi connectivity index (χ4v) is 0.628. The van der Waals surface area contributed by atoms with E-state index in [0.717, 1.165) is 0 Å². The lowest BCUT2D eigenvalue weighted by molar-refractivity contribution is -0.128. The SMILES string of the molecule is CCC(C)(N)C(=O)NCC(F)(F)CO. The van der Waals surface area contributed by atoms with Crippen LogP contribution < -0.4 is 11.1 Å². The summed E-state index contributed by atoms with van der Waals surface area (Å²) in [7, 11) is 0. The molecular formula is C8H16F2N2O2. The number of aliphatic hydroxyl groups excluding tert-OH is 1. The number of aliphatic hydroxyl groups is 1. The molecule has 0 fully saturated rings. The third-order valence-electron chi connectivity index (χ3n) is 1.99. The van der Waals surface area contributed by atoms with Crippen LogP contribution in [0.2, 0.25) is 0 Å². The molecule has 4 nitrogen and oxygen atoms in total. The van der Waals surface area contributed by atoms with Crippen molar-refractivity contribution < 1.29 is 18.7 Å². The molecule has 1 unspecified atom stereocenters. The second-order valence-corrected chi connectivity index (χ2v) is 3.47. The molecule has 0 saturated carbocycles. The van der Waals surface area contributed by atoms with Gasteiger partial charge in [-0.3, -0.25) is 4.79 Å². The maximum atomic E-state index is 12.5. The first-order chi connectivity index (χ1) is 6.25. The van der Waals surface area contributed by atoms with Crippen molar-refractivity contribution >= 4 is 5.91 Å². The molecule has 0 aliphatic heterocycles. The van der Waals surface area contributed by atoms with Crippen molar-refractivity contribution in [3.05, 3.63) is 0 Å². The molecule has 0 radical (unpaired) electrons. The van der Waals surface area contributed by atoms with Gasteiger partial charge in [-0.25, -0.2) is 8.78 Å². The van der Waals surface area contributed by atoms with Crippen LogP contribution in [-0.4, -0.2) is 35.6 Å². The van der Waals surface area contributed by atoms with Gasteiger partial charge in [-0.1, -0.05) is 6.92 Å². The first-order valence-electron chi connectivity index (χ1n) is 4.31. The molecule has 0 saturated heterocycles. The van der Waals surface area contributed by atoms with E-state index in [1.165, 1.54) is 6.92 Å². The average molecular weight is 210 g/mol. The van der Waals surface area contributed by atoms with Crippen molar-refractivity contribution in [3.8, 4) is 0 Å². The Bertz CT molecular complexity index is 208. The Kier molecular flexibility index (Phi) is 4.41. The summed E-state index contributed by atoms with van der Waals surface area (Å²) < 4.78 is 25.0. The van der Waals surface area contributed by atoms with Crippen LogP contribution in [0.3, 0.4) is 0 Å². The van der Waals surface area contributed by atoms with Gasteiger partial charge in [-0.05, 0) is 13.3 Å². The normalized spacial score (nSPS) is 16.1. The summed E-state index contributed by atoms with van der Waals surface area (Å²) in [6.07, 6.45) is 0.351. The molecule has 0 aliphatic rings. The van der Waals surface area contributed by atoms with Crippen molar-refractivity contribution in [2.24, 2.45) is 5.73 Å². The van der Waals surface area contributed by atoms with Crippen LogP contribution in [-0.2, 0) is 4.79 Å². The number of carbonyl (C=O) groups is 1. The van der Waals surface area contributed by atoms with Gasteiger partial charge in [0, 0.05) is 0 Å². The van der Waals surface area contributed by atoms with Gasteiger partial charge in [0.2, 0.25) is 5.91 Å². The lowest BCUT2D eigenvalue weighted by Crippen LogP contribution is -2.53. The van der Waals surface area contributed by atoms with E-state index in [2.05, 4.69) is 0 Å². The number of nitrogens with one attached hydrogen (secondary N) is 1. The number of nitrogens with two attached hydrogens (primary N) is 1. The molecule has 0 aliphatic carbocycles. The van der Waals surface area contributed by atoms with E-state index in [0.29, 0.717) is 6.42 Å². The Morgan fingerprint density at radius 3 is 2.43 bits per heavy atom. The highest BCUT2D eigenvalue weighted by molar-refractivity contribution is 5.85. The lowest BCUT2D eigenvalue weighted by atomic mass is 9.99. The highest BCUT2D eigenvalue weighted by Crippen LogP contribution is 2.11. The van der Waals surface area contributed by atoms with Crippen LogP contribution in [0.4, 0.5) is 8.78 Å². The quantitative estimate of drug-likeness (QED) is 0.591. The van der Waals surface area contributed by atoms with Gasteiger partial charge >= 0.3 is 0 Å². The molecule has 1 amide bonds. The summed E-state index contributed by atoms with van der Waals surface area (Å²) in [5.74, 6) is -3.94. The summed E-state index contributed by atoms with van der Waals surface area (Å²) in [5.41, 5.74) is 4.36. The second-order valence-electron chi connectivity index (χ2n) is 3.47. The minimum absolute atomic E-state index is 0.351. The van der Waals surface area contributed by atoms with Crippen molar-refractivity contribution in [2.75, 3.05) is 13.2 Å². The third kappa shape index (κ3) is 3.97. The van der Waals surface area contributed by atoms with Crippen LogP contribution in [0.25, 0.3) is 0 Å². The van der Waals surface area contributed by atoms with Crippen molar-refractivity contribution in [3.63, 3.8) is 0 Å². The fourth-order valence-electron chi connectivity index (χ4n) is 0.628. The molecule has 4 N–H and O–H groups in total. The van der Waals surface area contributed by atoms with Gasteiger partial charge in [-0.2, -0.15) is 0 Å². The maximum absolute atomic E-state index is 12.5. The highest BCUT2D eigenvalue weighted by Gasteiger charge is 2.32. The maximum Gasteiger partial charge on any atom is 0.287 e. The molecule has 1 atom stereocenters. The van der Waals surface area contributed by atoms with Gasteiger partial charge in [0.25, 0.3) is 5.92 Å². The Morgan fingerprint density at radius 2 is 2.07 bits per heavy atom. The largest absolute Gasteiger partial charge is 0.390 e. The van der Waals surface area contributed by atoms with Gasteiger partial charge in [0.1, 0.15) is 6.61 Å². The number of alkyl halides is 2. The van der Waals surface area contributed by atoms with Crippen molar-refractivity contribution in [2.45, 2.75) is 31.7 Å². The smallest absolute Gasteiger partial charge is 0.287 e. The minimum Gasteiger partial charge on any atom is -0.390 e. The van der Waals surface area contributed by atoms with Crippen molar-refractivity contribution in [1.29, 1.82) is 0 Å². The molecular weight excluding hydrogens is 194 g/mol. The number of carbonyl (C=O) groups excluding carboxylic acids is 1. The molecule has 0 spiro atoms. The Hall–Kier alpha value is -0.750. The predicted molar refractivity (Wildman–Crippen MR) is 47.9 cm³/mol. The molecule has 0 heterocycles. The van der Waals surface area contributed by atoms with E-state index in [1.54, 1.807) is 6.92 Å².